The maximum atomic E-state index is 12.3. The van der Waals surface area contributed by atoms with Gasteiger partial charge in [-0.1, -0.05) is 6.92 Å². The first-order chi connectivity index (χ1) is 6.73. The van der Waals surface area contributed by atoms with E-state index < -0.39 is 18.3 Å². The van der Waals surface area contributed by atoms with Crippen LogP contribution in [0, 0.1) is 0 Å². The average molecular weight is 224 g/mol. The summed E-state index contributed by atoms with van der Waals surface area (Å²) >= 11 is 0. The first-order valence-electron chi connectivity index (χ1n) is 5.33. The largest absolute Gasteiger partial charge is 0.401 e. The summed E-state index contributed by atoms with van der Waals surface area (Å²) in [6.45, 7) is 3.20. The van der Waals surface area contributed by atoms with E-state index in [4.69, 9.17) is 5.73 Å². The summed E-state index contributed by atoms with van der Waals surface area (Å²) in [5, 5.41) is 0. The second-order valence-corrected chi connectivity index (χ2v) is 4.76. The van der Waals surface area contributed by atoms with Crippen molar-refractivity contribution in [3.8, 4) is 0 Å². The molecule has 0 amide bonds. The molecule has 0 bridgehead atoms. The maximum absolute atomic E-state index is 12.3. The Morgan fingerprint density at radius 1 is 1.27 bits per heavy atom. The second kappa shape index (κ2) is 4.29. The fourth-order valence-electron chi connectivity index (χ4n) is 1.56. The van der Waals surface area contributed by atoms with Crippen molar-refractivity contribution in [1.29, 1.82) is 0 Å². The highest BCUT2D eigenvalue weighted by Gasteiger charge is 2.39. The highest BCUT2D eigenvalue weighted by atomic mass is 19.4. The van der Waals surface area contributed by atoms with E-state index in [-0.39, 0.29) is 6.04 Å². The number of halogens is 3. The summed E-state index contributed by atoms with van der Waals surface area (Å²) in [7, 11) is 0. The van der Waals surface area contributed by atoms with Crippen LogP contribution in [0.25, 0.3) is 0 Å². The van der Waals surface area contributed by atoms with E-state index in [0.717, 1.165) is 12.8 Å². The lowest BCUT2D eigenvalue weighted by atomic mass is 10.00. The molecule has 90 valence electrons. The molecule has 0 heterocycles. The van der Waals surface area contributed by atoms with Crippen LogP contribution >= 0.6 is 0 Å². The van der Waals surface area contributed by atoms with Crippen molar-refractivity contribution in [2.45, 2.75) is 50.9 Å². The van der Waals surface area contributed by atoms with Gasteiger partial charge >= 0.3 is 6.18 Å². The maximum Gasteiger partial charge on any atom is 0.401 e. The van der Waals surface area contributed by atoms with E-state index >= 15 is 0 Å². The monoisotopic (exact) mass is 224 g/mol. The first kappa shape index (κ1) is 12.8. The quantitative estimate of drug-likeness (QED) is 0.775. The number of nitrogens with zero attached hydrogens (tertiary/aromatic N) is 1. The molecule has 1 unspecified atom stereocenters. The third-order valence-corrected chi connectivity index (χ3v) is 2.82. The van der Waals surface area contributed by atoms with Crippen LogP contribution in [0.2, 0.25) is 0 Å². The molecule has 1 saturated carbocycles. The molecule has 1 atom stereocenters. The lowest BCUT2D eigenvalue weighted by Crippen LogP contribution is -2.50. The molecule has 15 heavy (non-hydrogen) atoms. The van der Waals surface area contributed by atoms with Crippen LogP contribution in [-0.4, -0.2) is 35.7 Å². The van der Waals surface area contributed by atoms with Gasteiger partial charge in [0.2, 0.25) is 0 Å². The SMILES string of the molecule is CCC(C)(N)CN(CC(F)(F)F)C1CC1. The van der Waals surface area contributed by atoms with Crippen LogP contribution in [-0.2, 0) is 0 Å². The van der Waals surface area contributed by atoms with E-state index in [1.165, 1.54) is 4.90 Å². The Morgan fingerprint density at radius 3 is 2.13 bits per heavy atom. The van der Waals surface area contributed by atoms with E-state index in [2.05, 4.69) is 0 Å². The number of hydrogen-bond acceptors (Lipinski definition) is 2. The van der Waals surface area contributed by atoms with E-state index in [0.29, 0.717) is 13.0 Å². The topological polar surface area (TPSA) is 29.3 Å². The summed E-state index contributed by atoms with van der Waals surface area (Å²) in [6.07, 6.45) is -1.69. The molecule has 0 aromatic carbocycles. The minimum atomic E-state index is -4.12. The van der Waals surface area contributed by atoms with Crippen molar-refractivity contribution in [3.05, 3.63) is 0 Å². The minimum absolute atomic E-state index is 0.0982. The highest BCUT2D eigenvalue weighted by molar-refractivity contribution is 4.91. The van der Waals surface area contributed by atoms with Crippen molar-refractivity contribution >= 4 is 0 Å². The molecule has 1 rings (SSSR count). The van der Waals surface area contributed by atoms with Gasteiger partial charge in [0.25, 0.3) is 0 Å². The Balaban J connectivity index is 2.51. The summed E-state index contributed by atoms with van der Waals surface area (Å²) in [5.41, 5.74) is 5.37. The Morgan fingerprint density at radius 2 is 1.80 bits per heavy atom. The zero-order valence-electron chi connectivity index (χ0n) is 9.27. The summed E-state index contributed by atoms with van der Waals surface area (Å²) in [5.74, 6) is 0. The smallest absolute Gasteiger partial charge is 0.324 e. The van der Waals surface area contributed by atoms with Crippen molar-refractivity contribution in [1.82, 2.24) is 4.90 Å². The van der Waals surface area contributed by atoms with Crippen molar-refractivity contribution in [2.75, 3.05) is 13.1 Å². The molecule has 1 fully saturated rings. The molecule has 1 aliphatic carbocycles. The molecule has 5 heteroatoms. The van der Waals surface area contributed by atoms with Gasteiger partial charge in [-0.3, -0.25) is 4.90 Å². The summed E-state index contributed by atoms with van der Waals surface area (Å²) in [6, 6.07) is 0.0982. The van der Waals surface area contributed by atoms with Crippen LogP contribution in [0.5, 0.6) is 0 Å². The molecule has 0 saturated heterocycles. The number of nitrogens with two attached hydrogens (primary N) is 1. The Hall–Kier alpha value is -0.290. The fraction of sp³-hybridized carbons (Fsp3) is 1.00. The average Bonchev–Trinajstić information content (AvgIpc) is 2.82. The van der Waals surface area contributed by atoms with Crippen LogP contribution in [0.1, 0.15) is 33.1 Å². The molecule has 0 aromatic heterocycles. The minimum Gasteiger partial charge on any atom is -0.324 e. The predicted octanol–water partition coefficient (Wildman–Crippen LogP) is 2.14. The van der Waals surface area contributed by atoms with Crippen LogP contribution < -0.4 is 5.73 Å². The highest BCUT2D eigenvalue weighted by Crippen LogP contribution is 2.31. The fourth-order valence-corrected chi connectivity index (χ4v) is 1.56. The standard InChI is InChI=1S/C10H19F3N2/c1-3-9(2,14)6-15(8-4-5-8)7-10(11,12)13/h8H,3-7,14H2,1-2H3. The summed E-state index contributed by atoms with van der Waals surface area (Å²) < 4.78 is 36.9. The molecule has 1 aliphatic rings. The zero-order valence-corrected chi connectivity index (χ0v) is 9.27. The van der Waals surface area contributed by atoms with E-state index in [1.807, 2.05) is 6.92 Å². The predicted molar refractivity (Wildman–Crippen MR) is 53.5 cm³/mol. The number of rotatable bonds is 5. The molecule has 0 radical (unpaired) electrons. The lowest BCUT2D eigenvalue weighted by molar-refractivity contribution is -0.148. The van der Waals surface area contributed by atoms with Crippen LogP contribution in [0.4, 0.5) is 13.2 Å². The van der Waals surface area contributed by atoms with E-state index in [1.54, 1.807) is 6.92 Å². The van der Waals surface area contributed by atoms with Crippen molar-refractivity contribution in [3.63, 3.8) is 0 Å². The summed E-state index contributed by atoms with van der Waals surface area (Å²) in [4.78, 5) is 1.48. The third-order valence-electron chi connectivity index (χ3n) is 2.82. The van der Waals surface area contributed by atoms with Gasteiger partial charge < -0.3 is 5.73 Å². The molecular formula is C10H19F3N2. The van der Waals surface area contributed by atoms with Gasteiger partial charge in [0.05, 0.1) is 6.54 Å². The Bertz CT molecular complexity index is 209. The second-order valence-electron chi connectivity index (χ2n) is 4.76. The van der Waals surface area contributed by atoms with Crippen LogP contribution in [0.15, 0.2) is 0 Å². The first-order valence-corrected chi connectivity index (χ1v) is 5.33. The van der Waals surface area contributed by atoms with Gasteiger partial charge in [0.1, 0.15) is 0 Å². The van der Waals surface area contributed by atoms with Crippen molar-refractivity contribution < 1.29 is 13.2 Å². The molecule has 2 N–H and O–H groups in total. The van der Waals surface area contributed by atoms with Gasteiger partial charge in [-0.25, -0.2) is 0 Å². The zero-order chi connectivity index (χ0) is 11.7. The number of hydrogen-bond donors (Lipinski definition) is 1. The Labute approximate surface area is 88.6 Å². The van der Waals surface area contributed by atoms with Gasteiger partial charge in [-0.15, -0.1) is 0 Å². The van der Waals surface area contributed by atoms with Crippen LogP contribution in [0.3, 0.4) is 0 Å². The van der Waals surface area contributed by atoms with Gasteiger partial charge in [-0.2, -0.15) is 13.2 Å². The molecule has 0 aromatic rings. The van der Waals surface area contributed by atoms with Gasteiger partial charge in [0, 0.05) is 18.1 Å². The van der Waals surface area contributed by atoms with Gasteiger partial charge in [0.15, 0.2) is 0 Å². The molecule has 2 nitrogen and oxygen atoms in total. The molecular weight excluding hydrogens is 205 g/mol. The lowest BCUT2D eigenvalue weighted by Gasteiger charge is -2.32. The van der Waals surface area contributed by atoms with Crippen molar-refractivity contribution in [2.24, 2.45) is 5.73 Å². The molecule has 0 spiro atoms. The third kappa shape index (κ3) is 4.84. The van der Waals surface area contributed by atoms with Gasteiger partial charge in [-0.05, 0) is 26.2 Å². The normalized spacial score (nSPS) is 21.8. The molecule has 0 aliphatic heterocycles. The van der Waals surface area contributed by atoms with E-state index in [9.17, 15) is 13.2 Å². The Kier molecular flexibility index (Phi) is 3.66. The number of alkyl halides is 3.